The predicted octanol–water partition coefficient (Wildman–Crippen LogP) is 2.53. The molecular weight excluding hydrogens is 244 g/mol. The molecule has 0 saturated heterocycles. The van der Waals surface area contributed by atoms with Gasteiger partial charge in [0.25, 0.3) is 5.56 Å². The number of rotatable bonds is 4. The third-order valence-corrected chi connectivity index (χ3v) is 3.85. The van der Waals surface area contributed by atoms with Crippen molar-refractivity contribution in [2.75, 3.05) is 11.5 Å². The van der Waals surface area contributed by atoms with Crippen LogP contribution in [0.1, 0.15) is 5.56 Å². The zero-order chi connectivity index (χ0) is 13.0. The second-order valence-electron chi connectivity index (χ2n) is 4.11. The normalized spacial score (nSPS) is 10.5. The summed E-state index contributed by atoms with van der Waals surface area (Å²) in [6.07, 6.45) is 1.70. The number of anilines is 1. The first-order valence-electron chi connectivity index (χ1n) is 5.81. The smallest absolute Gasteiger partial charge is 0.250 e. The van der Waals surface area contributed by atoms with Crippen LogP contribution in [0.5, 0.6) is 0 Å². The van der Waals surface area contributed by atoms with Crippen molar-refractivity contribution in [3.63, 3.8) is 0 Å². The van der Waals surface area contributed by atoms with Crippen molar-refractivity contribution in [2.45, 2.75) is 18.4 Å². The number of benzene rings is 1. The van der Waals surface area contributed by atoms with Crippen LogP contribution in [0.15, 0.2) is 52.3 Å². The zero-order valence-corrected chi connectivity index (χ0v) is 11.1. The highest BCUT2D eigenvalue weighted by Crippen LogP contribution is 2.21. The van der Waals surface area contributed by atoms with Crippen LogP contribution in [0, 0.1) is 6.92 Å². The Morgan fingerprint density at radius 3 is 2.78 bits per heavy atom. The molecule has 0 atom stereocenters. The molecule has 2 aromatic rings. The van der Waals surface area contributed by atoms with E-state index in [2.05, 4.69) is 19.1 Å². The molecule has 0 spiro atoms. The van der Waals surface area contributed by atoms with Gasteiger partial charge in [-0.15, -0.1) is 11.8 Å². The molecule has 1 aromatic carbocycles. The first kappa shape index (κ1) is 12.8. The lowest BCUT2D eigenvalue weighted by Gasteiger charge is -2.07. The maximum atomic E-state index is 11.6. The minimum Gasteiger partial charge on any atom is -0.398 e. The number of thioether (sulfide) groups is 1. The van der Waals surface area contributed by atoms with Gasteiger partial charge in [0.15, 0.2) is 0 Å². The van der Waals surface area contributed by atoms with Crippen LogP contribution in [0.2, 0.25) is 0 Å². The van der Waals surface area contributed by atoms with Crippen LogP contribution < -0.4 is 11.3 Å². The number of aromatic nitrogens is 1. The average molecular weight is 260 g/mol. The molecule has 94 valence electrons. The van der Waals surface area contributed by atoms with Gasteiger partial charge in [-0.05, 0) is 24.6 Å². The summed E-state index contributed by atoms with van der Waals surface area (Å²) in [4.78, 5) is 12.8. The molecule has 1 heterocycles. The molecule has 0 aliphatic rings. The van der Waals surface area contributed by atoms with E-state index in [1.54, 1.807) is 28.6 Å². The third kappa shape index (κ3) is 3.17. The third-order valence-electron chi connectivity index (χ3n) is 2.69. The zero-order valence-electron chi connectivity index (χ0n) is 10.3. The van der Waals surface area contributed by atoms with Gasteiger partial charge in [-0.2, -0.15) is 0 Å². The molecule has 0 amide bonds. The Balaban J connectivity index is 1.99. The topological polar surface area (TPSA) is 48.0 Å². The maximum absolute atomic E-state index is 11.6. The molecule has 0 unspecified atom stereocenters. The number of pyridine rings is 1. The van der Waals surface area contributed by atoms with Crippen LogP contribution in [-0.4, -0.2) is 10.3 Å². The van der Waals surface area contributed by atoms with E-state index in [4.69, 9.17) is 5.73 Å². The Hall–Kier alpha value is -1.68. The largest absolute Gasteiger partial charge is 0.398 e. The van der Waals surface area contributed by atoms with Crippen LogP contribution in [0.4, 0.5) is 5.69 Å². The van der Waals surface area contributed by atoms with Crippen molar-refractivity contribution >= 4 is 17.4 Å². The summed E-state index contributed by atoms with van der Waals surface area (Å²) in [6.45, 7) is 2.76. The van der Waals surface area contributed by atoms with E-state index >= 15 is 0 Å². The van der Waals surface area contributed by atoms with E-state index in [0.29, 0.717) is 12.2 Å². The molecule has 0 aliphatic heterocycles. The maximum Gasteiger partial charge on any atom is 0.250 e. The Kier molecular flexibility index (Phi) is 4.10. The Morgan fingerprint density at radius 2 is 2.00 bits per heavy atom. The highest BCUT2D eigenvalue weighted by atomic mass is 32.2. The van der Waals surface area contributed by atoms with Crippen molar-refractivity contribution in [1.29, 1.82) is 0 Å². The molecule has 0 aliphatic carbocycles. The number of hydrogen-bond donors (Lipinski definition) is 1. The van der Waals surface area contributed by atoms with Crippen molar-refractivity contribution in [2.24, 2.45) is 0 Å². The number of nitrogens with zero attached hydrogens (tertiary/aromatic N) is 1. The molecule has 3 nitrogen and oxygen atoms in total. The Labute approximate surface area is 111 Å². The van der Waals surface area contributed by atoms with Gasteiger partial charge in [-0.1, -0.05) is 18.2 Å². The fourth-order valence-electron chi connectivity index (χ4n) is 1.70. The molecule has 0 radical (unpaired) electrons. The average Bonchev–Trinajstić information content (AvgIpc) is 2.36. The van der Waals surface area contributed by atoms with E-state index in [0.717, 1.165) is 5.75 Å². The van der Waals surface area contributed by atoms with Gasteiger partial charge in [-0.25, -0.2) is 0 Å². The lowest BCUT2D eigenvalue weighted by atomic mass is 10.2. The summed E-state index contributed by atoms with van der Waals surface area (Å²) >= 11 is 1.76. The van der Waals surface area contributed by atoms with Crippen LogP contribution in [0.25, 0.3) is 0 Å². The second-order valence-corrected chi connectivity index (χ2v) is 5.24. The molecule has 0 saturated carbocycles. The molecule has 0 fully saturated rings. The second kappa shape index (κ2) is 5.78. The van der Waals surface area contributed by atoms with E-state index in [1.807, 2.05) is 12.1 Å². The Bertz CT molecular complexity index is 592. The summed E-state index contributed by atoms with van der Waals surface area (Å²) in [5, 5.41) is 0. The fourth-order valence-corrected chi connectivity index (χ4v) is 2.68. The Morgan fingerprint density at radius 1 is 1.22 bits per heavy atom. The van der Waals surface area contributed by atoms with Crippen molar-refractivity contribution in [3.8, 4) is 0 Å². The summed E-state index contributed by atoms with van der Waals surface area (Å²) < 4.78 is 1.65. The van der Waals surface area contributed by atoms with Gasteiger partial charge in [0.05, 0.1) is 0 Å². The molecule has 4 heteroatoms. The van der Waals surface area contributed by atoms with E-state index in [-0.39, 0.29) is 5.56 Å². The van der Waals surface area contributed by atoms with Crippen LogP contribution >= 0.6 is 11.8 Å². The first-order valence-corrected chi connectivity index (χ1v) is 6.80. The highest BCUT2D eigenvalue weighted by molar-refractivity contribution is 7.99. The van der Waals surface area contributed by atoms with Gasteiger partial charge in [0.2, 0.25) is 0 Å². The standard InChI is InChI=1S/C14H16N2OS/c1-11-4-2-3-5-13(11)18-9-8-16-10-12(15)6-7-14(16)17/h2-7,10H,8-9,15H2,1H3. The lowest BCUT2D eigenvalue weighted by Crippen LogP contribution is -2.19. The number of nitrogen functional groups attached to an aromatic ring is 1. The van der Waals surface area contributed by atoms with Gasteiger partial charge in [0.1, 0.15) is 0 Å². The van der Waals surface area contributed by atoms with E-state index < -0.39 is 0 Å². The molecule has 2 rings (SSSR count). The number of aryl methyl sites for hydroxylation is 2. The van der Waals surface area contributed by atoms with Gasteiger partial charge >= 0.3 is 0 Å². The molecule has 18 heavy (non-hydrogen) atoms. The minimum atomic E-state index is -0.00502. The highest BCUT2D eigenvalue weighted by Gasteiger charge is 2.00. The fraction of sp³-hybridized carbons (Fsp3) is 0.214. The van der Waals surface area contributed by atoms with Crippen molar-refractivity contribution in [1.82, 2.24) is 4.57 Å². The van der Waals surface area contributed by atoms with Gasteiger partial charge in [-0.3, -0.25) is 4.79 Å². The molecule has 0 bridgehead atoms. The summed E-state index contributed by atoms with van der Waals surface area (Å²) in [7, 11) is 0. The number of nitrogens with two attached hydrogens (primary N) is 1. The van der Waals surface area contributed by atoms with Crippen LogP contribution in [0.3, 0.4) is 0 Å². The summed E-state index contributed by atoms with van der Waals surface area (Å²) in [6, 6.07) is 11.4. The van der Waals surface area contributed by atoms with Gasteiger partial charge in [0, 0.05) is 35.1 Å². The van der Waals surface area contributed by atoms with Crippen molar-refractivity contribution in [3.05, 3.63) is 58.5 Å². The van der Waals surface area contributed by atoms with Gasteiger partial charge < -0.3 is 10.3 Å². The molecule has 1 aromatic heterocycles. The van der Waals surface area contributed by atoms with E-state index in [9.17, 15) is 4.79 Å². The minimum absolute atomic E-state index is 0.00502. The summed E-state index contributed by atoms with van der Waals surface area (Å²) in [5.41, 5.74) is 7.55. The first-order chi connectivity index (χ1) is 8.66. The SMILES string of the molecule is Cc1ccccc1SCCn1cc(N)ccc1=O. The van der Waals surface area contributed by atoms with Crippen LogP contribution in [-0.2, 0) is 6.54 Å². The van der Waals surface area contributed by atoms with Crippen molar-refractivity contribution < 1.29 is 0 Å². The van der Waals surface area contributed by atoms with E-state index in [1.165, 1.54) is 16.5 Å². The lowest BCUT2D eigenvalue weighted by molar-refractivity contribution is 0.737. The predicted molar refractivity (Wildman–Crippen MR) is 77.0 cm³/mol. The summed E-state index contributed by atoms with van der Waals surface area (Å²) in [5.74, 6) is 0.855. The number of hydrogen-bond acceptors (Lipinski definition) is 3. The quantitative estimate of drug-likeness (QED) is 0.859. The molecule has 2 N–H and O–H groups in total. The molecular formula is C14H16N2OS. The monoisotopic (exact) mass is 260 g/mol.